The molecule has 0 aliphatic carbocycles. The van der Waals surface area contributed by atoms with Crippen molar-refractivity contribution >= 4 is 23.8 Å². The first kappa shape index (κ1) is 55.4. The molecule has 0 saturated carbocycles. The predicted octanol–water partition coefficient (Wildman–Crippen LogP) is 3.03. The number of amides is 2. The van der Waals surface area contributed by atoms with Crippen LogP contribution in [0, 0.1) is 23.7 Å². The van der Waals surface area contributed by atoms with Gasteiger partial charge in [0.15, 0.2) is 0 Å². The van der Waals surface area contributed by atoms with E-state index in [1.807, 2.05) is 187 Å². The van der Waals surface area contributed by atoms with Crippen molar-refractivity contribution < 1.29 is 58.8 Å². The molecular formula is C57H57LiN4O8. The van der Waals surface area contributed by atoms with Crippen molar-refractivity contribution in [3.05, 3.63) is 215 Å². The molecule has 0 unspecified atom stereocenters. The molecule has 12 nitrogen and oxygen atoms in total. The molecule has 0 bridgehead atoms. The van der Waals surface area contributed by atoms with Crippen LogP contribution in [-0.4, -0.2) is 131 Å². The maximum Gasteiger partial charge on any atom is 1.00 e. The summed E-state index contributed by atoms with van der Waals surface area (Å²) in [5.41, 5.74) is 5.39. The molecular weight excluding hydrogens is 876 g/mol. The molecule has 13 heteroatoms. The van der Waals surface area contributed by atoms with Crippen molar-refractivity contribution in [2.45, 2.75) is 23.9 Å². The molecule has 0 aromatic heterocycles. The third-order valence-electron chi connectivity index (χ3n) is 11.9. The zero-order valence-corrected chi connectivity index (χ0v) is 39.5. The van der Waals surface area contributed by atoms with Crippen LogP contribution < -0.4 is 18.9 Å². The Labute approximate surface area is 422 Å². The maximum absolute atomic E-state index is 13.9. The Balaban J connectivity index is 0.000000292. The van der Waals surface area contributed by atoms with Crippen molar-refractivity contribution in [2.75, 3.05) is 59.5 Å². The van der Waals surface area contributed by atoms with E-state index in [0.717, 1.165) is 33.4 Å². The first-order valence-corrected chi connectivity index (χ1v) is 22.4. The molecule has 70 heavy (non-hydrogen) atoms. The smallest absolute Gasteiger partial charge is 0.870 e. The first-order chi connectivity index (χ1) is 32.8. The van der Waals surface area contributed by atoms with Crippen LogP contribution in [0.4, 0.5) is 0 Å². The number of hydrogen-bond acceptors (Lipinski definition) is 8. The Morgan fingerprint density at radius 3 is 1.13 bits per heavy atom. The number of aliphatic carboxylic acids is 1. The van der Waals surface area contributed by atoms with Crippen molar-refractivity contribution in [1.29, 1.82) is 0 Å². The first-order valence-electron chi connectivity index (χ1n) is 22.4. The van der Waals surface area contributed by atoms with E-state index in [0.29, 0.717) is 45.8 Å². The Kier molecular flexibility index (Phi) is 22.4. The van der Waals surface area contributed by atoms with Gasteiger partial charge in [0.05, 0.1) is 32.0 Å². The number of nitrogens with zero attached hydrogens (tertiary/aromatic N) is 4. The number of rotatable bonds is 10. The Morgan fingerprint density at radius 2 is 0.814 bits per heavy atom. The summed E-state index contributed by atoms with van der Waals surface area (Å²) in [6.45, 7) is 3.61. The summed E-state index contributed by atoms with van der Waals surface area (Å²) in [5, 5.41) is 9.95. The summed E-state index contributed by atoms with van der Waals surface area (Å²) >= 11 is 0. The largest absolute Gasteiger partial charge is 1.00 e. The van der Waals surface area contributed by atoms with Crippen molar-refractivity contribution in [1.82, 2.24) is 19.6 Å². The van der Waals surface area contributed by atoms with E-state index >= 15 is 0 Å². The maximum atomic E-state index is 13.9. The van der Waals surface area contributed by atoms with E-state index in [1.54, 1.807) is 4.90 Å². The fourth-order valence-electron chi connectivity index (χ4n) is 8.46. The van der Waals surface area contributed by atoms with Crippen molar-refractivity contribution in [2.24, 2.45) is 0 Å². The van der Waals surface area contributed by atoms with Gasteiger partial charge in [0, 0.05) is 50.4 Å². The quantitative estimate of drug-likeness (QED) is 0.123. The van der Waals surface area contributed by atoms with Gasteiger partial charge in [0.2, 0.25) is 11.8 Å². The molecule has 2 aliphatic rings. The number of carboxylic acids is 1. The Morgan fingerprint density at radius 1 is 0.514 bits per heavy atom. The number of carbonyl (C=O) groups is 4. The minimum atomic E-state index is -0.996. The number of piperazine rings is 2. The average molecular weight is 933 g/mol. The molecule has 354 valence electrons. The number of carbonyl (C=O) groups excluding carboxylic acids is 3. The molecule has 4 N–H and O–H groups in total. The number of hydrogen-bond donors (Lipinski definition) is 1. The van der Waals surface area contributed by atoms with Crippen molar-refractivity contribution in [3.8, 4) is 23.7 Å². The van der Waals surface area contributed by atoms with Crippen LogP contribution in [0.15, 0.2) is 182 Å². The van der Waals surface area contributed by atoms with Gasteiger partial charge in [-0.2, -0.15) is 0 Å². The van der Waals surface area contributed by atoms with E-state index < -0.39 is 35.9 Å². The molecule has 2 atom stereocenters. The van der Waals surface area contributed by atoms with Crippen LogP contribution in [0.1, 0.15) is 45.2 Å². The van der Waals surface area contributed by atoms with E-state index in [-0.39, 0.29) is 48.2 Å². The molecule has 2 saturated heterocycles. The van der Waals surface area contributed by atoms with Gasteiger partial charge in [0.1, 0.15) is 12.1 Å². The monoisotopic (exact) mass is 932 g/mol. The van der Waals surface area contributed by atoms with Crippen LogP contribution in [0.25, 0.3) is 0 Å². The van der Waals surface area contributed by atoms with Gasteiger partial charge in [-0.15, -0.1) is 0 Å². The number of benzene rings is 6. The van der Waals surface area contributed by atoms with Gasteiger partial charge in [-0.25, -0.2) is 9.59 Å². The summed E-state index contributed by atoms with van der Waals surface area (Å²) in [4.78, 5) is 59.8. The normalized spacial score (nSPS) is 15.4. The van der Waals surface area contributed by atoms with Gasteiger partial charge in [-0.3, -0.25) is 19.4 Å². The summed E-state index contributed by atoms with van der Waals surface area (Å²) in [5.74, 6) is 9.87. The number of carboxylic acid groups (broad SMARTS) is 1. The summed E-state index contributed by atoms with van der Waals surface area (Å²) in [7, 11) is 1.37. The number of methoxy groups -OCH3 is 1. The molecule has 0 radical (unpaired) electrons. The second kappa shape index (κ2) is 28.3. The Hall–Kier alpha value is -7.24. The molecule has 6 aromatic rings. The topological polar surface area (TPSA) is 172 Å². The summed E-state index contributed by atoms with van der Waals surface area (Å²) < 4.78 is 5.09. The molecule has 2 heterocycles. The van der Waals surface area contributed by atoms with E-state index in [4.69, 9.17) is 4.74 Å². The SMILES string of the molecule is COC(=O)[C@@H]1CN(CC#Cc2ccccc2)CCN1C(=O)C(c1ccccc1)c1ccccc1.O.O=C(O)[C@@H]1CN(CC#Cc2ccccc2)CCN1C(=O)C(c1ccccc1)c1ccccc1.[Li+].[OH-]. The molecule has 0 spiro atoms. The van der Waals surface area contributed by atoms with Crippen LogP contribution in [0.2, 0.25) is 0 Å². The second-order valence-corrected chi connectivity index (χ2v) is 16.3. The van der Waals surface area contributed by atoms with E-state index in [9.17, 15) is 24.3 Å². The third kappa shape index (κ3) is 14.9. The van der Waals surface area contributed by atoms with Crippen LogP contribution in [-0.2, 0) is 23.9 Å². The number of esters is 1. The molecule has 6 aromatic carbocycles. The van der Waals surface area contributed by atoms with Gasteiger partial charge in [0.25, 0.3) is 0 Å². The van der Waals surface area contributed by atoms with E-state index in [1.165, 1.54) is 12.0 Å². The predicted molar refractivity (Wildman–Crippen MR) is 265 cm³/mol. The second-order valence-electron chi connectivity index (χ2n) is 16.3. The molecule has 2 fully saturated rings. The minimum absolute atomic E-state index is 0. The molecule has 2 aliphatic heterocycles. The fourth-order valence-corrected chi connectivity index (χ4v) is 8.46. The van der Waals surface area contributed by atoms with Gasteiger partial charge in [-0.05, 0) is 46.5 Å². The summed E-state index contributed by atoms with van der Waals surface area (Å²) in [6, 6.07) is 56.4. The van der Waals surface area contributed by atoms with Crippen LogP contribution >= 0.6 is 0 Å². The summed E-state index contributed by atoms with van der Waals surface area (Å²) in [6.07, 6.45) is 0. The van der Waals surface area contributed by atoms with Crippen molar-refractivity contribution in [3.63, 3.8) is 0 Å². The van der Waals surface area contributed by atoms with Gasteiger partial charge in [-0.1, -0.05) is 181 Å². The third-order valence-corrected chi connectivity index (χ3v) is 11.9. The molecule has 2 amide bonds. The van der Waals surface area contributed by atoms with E-state index in [2.05, 4.69) is 28.6 Å². The fraction of sp³-hybridized carbons (Fsp3) is 0.228. The average Bonchev–Trinajstić information content (AvgIpc) is 3.38. The standard InChI is InChI=1S/C29H28N2O3.C28H26N2O3.Li.2H2O/c1-34-29(33)26-22-30(19-11-14-23-12-5-2-6-13-23)20-21-31(26)28(32)27(24-15-7-3-8-16-24)25-17-9-4-10-18-25;31-27(26(23-14-6-2-7-15-23)24-16-8-3-9-17-24)30-20-19-29(21-25(30)28(32)33)18-10-13-22-11-4-1-5-12-22;;;/h2-10,12-13,15-18,26-27H,19-22H2,1H3;1-9,11-12,14-17,25-26H,18-21H2,(H,32,33);;2*1H2/q;;+1;;/p-1/t26-;25-;;;/m00.../s1. The zero-order valence-electron chi connectivity index (χ0n) is 39.5. The van der Waals surface area contributed by atoms with Gasteiger partial charge >= 0.3 is 30.8 Å². The van der Waals surface area contributed by atoms with Crippen LogP contribution in [0.5, 0.6) is 0 Å². The Bertz CT molecular complexity index is 2600. The number of ether oxygens (including phenoxy) is 1. The van der Waals surface area contributed by atoms with Gasteiger partial charge < -0.3 is 30.6 Å². The zero-order chi connectivity index (χ0) is 46.8. The van der Waals surface area contributed by atoms with Crippen LogP contribution in [0.3, 0.4) is 0 Å². The minimum Gasteiger partial charge on any atom is -0.870 e. The molecule has 8 rings (SSSR count).